The van der Waals surface area contributed by atoms with E-state index in [1.165, 1.54) is 0 Å². The Morgan fingerprint density at radius 3 is 2.42 bits per heavy atom. The zero-order valence-corrected chi connectivity index (χ0v) is 16.1. The highest BCUT2D eigenvalue weighted by Gasteiger charge is 2.04. The Morgan fingerprint density at radius 2 is 1.77 bits per heavy atom. The summed E-state index contributed by atoms with van der Waals surface area (Å²) in [4.78, 5) is 14.2. The topological polar surface area (TPSA) is 53.6 Å². The van der Waals surface area contributed by atoms with Gasteiger partial charge in [-0.2, -0.15) is 0 Å². The molecule has 2 aromatic carbocycles. The van der Waals surface area contributed by atoms with Crippen LogP contribution in [0.4, 0.5) is 16.2 Å². The molecule has 0 radical (unpaired) electrons. The average molecular weight is 376 g/mol. The lowest BCUT2D eigenvalue weighted by Crippen LogP contribution is -2.30. The van der Waals surface area contributed by atoms with Crippen LogP contribution in [0.3, 0.4) is 0 Å². The predicted molar refractivity (Wildman–Crippen MR) is 109 cm³/mol. The molecule has 140 valence electrons. The van der Waals surface area contributed by atoms with Crippen molar-refractivity contribution in [2.75, 3.05) is 36.5 Å². The molecule has 26 heavy (non-hydrogen) atoms. The van der Waals surface area contributed by atoms with Gasteiger partial charge in [-0.1, -0.05) is 23.7 Å². The number of nitrogens with zero attached hydrogens (tertiary/aromatic N) is 1. The van der Waals surface area contributed by atoms with Crippen LogP contribution in [-0.4, -0.2) is 32.3 Å². The molecule has 0 atom stereocenters. The fraction of sp³-hybridized carbons (Fsp3) is 0.350. The number of amides is 2. The van der Waals surface area contributed by atoms with E-state index in [1.807, 2.05) is 42.5 Å². The fourth-order valence-electron chi connectivity index (χ4n) is 2.54. The second-order valence-corrected chi connectivity index (χ2v) is 6.14. The molecule has 2 amide bonds. The number of carbonyl (C=O) groups excluding carboxylic acids is 1. The summed E-state index contributed by atoms with van der Waals surface area (Å²) in [6, 6.07) is 15.0. The number of para-hydroxylation sites is 1. The molecule has 0 aliphatic heterocycles. The Morgan fingerprint density at radius 1 is 1.08 bits per heavy atom. The Labute approximate surface area is 160 Å². The monoisotopic (exact) mass is 375 g/mol. The molecule has 2 aromatic rings. The summed E-state index contributed by atoms with van der Waals surface area (Å²) in [5.74, 6) is 0.659. The number of halogens is 1. The van der Waals surface area contributed by atoms with E-state index in [2.05, 4.69) is 29.4 Å². The second-order valence-electron chi connectivity index (χ2n) is 5.73. The lowest BCUT2D eigenvalue weighted by molar-refractivity contribution is 0.250. The van der Waals surface area contributed by atoms with Gasteiger partial charge in [0, 0.05) is 31.0 Å². The minimum atomic E-state index is -0.224. The lowest BCUT2D eigenvalue weighted by atomic mass is 10.2. The molecule has 0 fully saturated rings. The van der Waals surface area contributed by atoms with Crippen LogP contribution < -0.4 is 20.3 Å². The van der Waals surface area contributed by atoms with Crippen molar-refractivity contribution >= 4 is 29.0 Å². The van der Waals surface area contributed by atoms with Crippen molar-refractivity contribution in [3.05, 3.63) is 53.6 Å². The maximum Gasteiger partial charge on any atom is 0.319 e. The van der Waals surface area contributed by atoms with Crippen molar-refractivity contribution in [3.8, 4) is 5.75 Å². The number of hydrogen-bond acceptors (Lipinski definition) is 3. The van der Waals surface area contributed by atoms with Gasteiger partial charge in [0.2, 0.25) is 0 Å². The first-order valence-corrected chi connectivity index (χ1v) is 9.29. The first kappa shape index (κ1) is 19.9. The SMILES string of the molecule is CCN(CC)c1ccc(NC(=O)NCCCOc2ccccc2Cl)cc1. The molecular formula is C20H26ClN3O2. The van der Waals surface area contributed by atoms with E-state index in [1.54, 1.807) is 6.07 Å². The summed E-state index contributed by atoms with van der Waals surface area (Å²) in [6.07, 6.45) is 0.694. The van der Waals surface area contributed by atoms with Crippen molar-refractivity contribution in [2.24, 2.45) is 0 Å². The molecule has 0 saturated carbocycles. The lowest BCUT2D eigenvalue weighted by Gasteiger charge is -2.21. The molecule has 0 bridgehead atoms. The van der Waals surface area contributed by atoms with Crippen LogP contribution in [0.5, 0.6) is 5.75 Å². The molecular weight excluding hydrogens is 350 g/mol. The summed E-state index contributed by atoms with van der Waals surface area (Å²) in [6.45, 7) is 7.17. The Kier molecular flexibility index (Phi) is 8.09. The average Bonchev–Trinajstić information content (AvgIpc) is 2.65. The molecule has 0 aromatic heterocycles. The van der Waals surface area contributed by atoms with Crippen LogP contribution in [-0.2, 0) is 0 Å². The number of benzene rings is 2. The number of urea groups is 1. The number of carbonyl (C=O) groups is 1. The molecule has 0 aliphatic carbocycles. The summed E-state index contributed by atoms with van der Waals surface area (Å²) in [7, 11) is 0. The highest BCUT2D eigenvalue weighted by Crippen LogP contribution is 2.23. The maximum absolute atomic E-state index is 11.9. The molecule has 2 N–H and O–H groups in total. The van der Waals surface area contributed by atoms with Gasteiger partial charge >= 0.3 is 6.03 Å². The van der Waals surface area contributed by atoms with Crippen LogP contribution in [0.1, 0.15) is 20.3 Å². The van der Waals surface area contributed by atoms with Crippen molar-refractivity contribution in [2.45, 2.75) is 20.3 Å². The Balaban J connectivity index is 1.68. The first-order chi connectivity index (χ1) is 12.6. The van der Waals surface area contributed by atoms with E-state index in [0.717, 1.165) is 24.5 Å². The van der Waals surface area contributed by atoms with Gasteiger partial charge < -0.3 is 20.3 Å². The van der Waals surface area contributed by atoms with Crippen LogP contribution in [0, 0.1) is 0 Å². The minimum Gasteiger partial charge on any atom is -0.492 e. The molecule has 0 saturated heterocycles. The molecule has 6 heteroatoms. The number of nitrogens with one attached hydrogen (secondary N) is 2. The van der Waals surface area contributed by atoms with E-state index in [-0.39, 0.29) is 6.03 Å². The standard InChI is InChI=1S/C20H26ClN3O2/c1-3-24(4-2)17-12-10-16(11-13-17)23-20(25)22-14-7-15-26-19-9-6-5-8-18(19)21/h5-6,8-13H,3-4,7,14-15H2,1-2H3,(H2,22,23,25). The van der Waals surface area contributed by atoms with E-state index < -0.39 is 0 Å². The van der Waals surface area contributed by atoms with E-state index in [9.17, 15) is 4.79 Å². The van der Waals surface area contributed by atoms with E-state index >= 15 is 0 Å². The third-order valence-corrected chi connectivity index (χ3v) is 4.27. The molecule has 0 spiro atoms. The number of hydrogen-bond donors (Lipinski definition) is 2. The normalized spacial score (nSPS) is 10.3. The fourth-order valence-corrected chi connectivity index (χ4v) is 2.73. The summed E-state index contributed by atoms with van der Waals surface area (Å²) >= 11 is 6.02. The Bertz CT molecular complexity index is 688. The van der Waals surface area contributed by atoms with Gasteiger partial charge in [-0.15, -0.1) is 0 Å². The largest absolute Gasteiger partial charge is 0.492 e. The zero-order chi connectivity index (χ0) is 18.8. The first-order valence-electron chi connectivity index (χ1n) is 8.91. The quantitative estimate of drug-likeness (QED) is 0.620. The second kappa shape index (κ2) is 10.6. The van der Waals surface area contributed by atoms with Gasteiger partial charge in [0.1, 0.15) is 5.75 Å². The van der Waals surface area contributed by atoms with Crippen LogP contribution >= 0.6 is 11.6 Å². The van der Waals surface area contributed by atoms with E-state index in [0.29, 0.717) is 30.3 Å². The van der Waals surface area contributed by atoms with Crippen LogP contribution in [0.15, 0.2) is 48.5 Å². The Hall–Kier alpha value is -2.40. The summed E-state index contributed by atoms with van der Waals surface area (Å²) in [5.41, 5.74) is 1.92. The van der Waals surface area contributed by atoms with Crippen molar-refractivity contribution < 1.29 is 9.53 Å². The molecule has 0 unspecified atom stereocenters. The third kappa shape index (κ3) is 6.15. The van der Waals surface area contributed by atoms with Gasteiger partial charge in [-0.25, -0.2) is 4.79 Å². The molecule has 5 nitrogen and oxygen atoms in total. The van der Waals surface area contributed by atoms with Gasteiger partial charge in [0.25, 0.3) is 0 Å². The van der Waals surface area contributed by atoms with Crippen LogP contribution in [0.25, 0.3) is 0 Å². The number of anilines is 2. The minimum absolute atomic E-state index is 0.224. The van der Waals surface area contributed by atoms with Crippen molar-refractivity contribution in [1.29, 1.82) is 0 Å². The van der Waals surface area contributed by atoms with Gasteiger partial charge in [0.15, 0.2) is 0 Å². The highest BCUT2D eigenvalue weighted by atomic mass is 35.5. The van der Waals surface area contributed by atoms with Crippen molar-refractivity contribution in [3.63, 3.8) is 0 Å². The molecule has 2 rings (SSSR count). The number of ether oxygens (including phenoxy) is 1. The van der Waals surface area contributed by atoms with E-state index in [4.69, 9.17) is 16.3 Å². The predicted octanol–water partition coefficient (Wildman–Crippen LogP) is 4.78. The van der Waals surface area contributed by atoms with Gasteiger partial charge in [-0.3, -0.25) is 0 Å². The highest BCUT2D eigenvalue weighted by molar-refractivity contribution is 6.32. The summed E-state index contributed by atoms with van der Waals surface area (Å²) < 4.78 is 5.59. The molecule has 0 heterocycles. The maximum atomic E-state index is 11.9. The molecule has 0 aliphatic rings. The van der Waals surface area contributed by atoms with Gasteiger partial charge in [0.05, 0.1) is 11.6 Å². The summed E-state index contributed by atoms with van der Waals surface area (Å²) in [5, 5.41) is 6.24. The van der Waals surface area contributed by atoms with Gasteiger partial charge in [-0.05, 0) is 56.7 Å². The van der Waals surface area contributed by atoms with Crippen molar-refractivity contribution in [1.82, 2.24) is 5.32 Å². The number of rotatable bonds is 9. The zero-order valence-electron chi connectivity index (χ0n) is 15.3. The third-order valence-electron chi connectivity index (χ3n) is 3.95. The van der Waals surface area contributed by atoms with Crippen LogP contribution in [0.2, 0.25) is 5.02 Å². The smallest absolute Gasteiger partial charge is 0.319 e.